The van der Waals surface area contributed by atoms with Crippen molar-refractivity contribution in [1.29, 1.82) is 0 Å². The highest BCUT2D eigenvalue weighted by molar-refractivity contribution is 5.83. The molecule has 0 saturated heterocycles. The minimum absolute atomic E-state index is 0.0894. The van der Waals surface area contributed by atoms with Crippen LogP contribution in [-0.4, -0.2) is 83.4 Å². The van der Waals surface area contributed by atoms with Crippen LogP contribution >= 0.6 is 0 Å². The molecule has 2 aromatic rings. The van der Waals surface area contributed by atoms with Gasteiger partial charge in [-0.05, 0) is 22.3 Å². The SMILES string of the molecule is FC(F)(F)C(F)(F)C(F)(F)C(F)(F)C(F)(F)C(F)(F)C(F)(F)C1(C(F)(F)C(F)(F)C(F)(F)C(F)(F)C(F)(F)C(F)(F)C(F)(F)F)c2ccccc2-c2ccccc21. The molecule has 0 nitrogen and oxygen atoms in total. The van der Waals surface area contributed by atoms with E-state index in [1.807, 2.05) is 0 Å². The van der Waals surface area contributed by atoms with Gasteiger partial charge in [0.05, 0.1) is 0 Å². The summed E-state index contributed by atoms with van der Waals surface area (Å²) in [6, 6.07) is -1.55. The van der Waals surface area contributed by atoms with E-state index in [-0.39, 0.29) is 24.3 Å². The highest BCUT2D eigenvalue weighted by atomic mass is 19.4. The second-order valence-corrected chi connectivity index (χ2v) is 11.7. The fourth-order valence-electron chi connectivity index (χ4n) is 5.51. The monoisotopic (exact) mass is 902 g/mol. The Morgan fingerprint density at radius 1 is 0.246 bits per heavy atom. The van der Waals surface area contributed by atoms with Crippen LogP contribution in [0.1, 0.15) is 11.1 Å². The van der Waals surface area contributed by atoms with Gasteiger partial charge in [-0.25, -0.2) is 0 Å². The van der Waals surface area contributed by atoms with Crippen molar-refractivity contribution in [3.63, 3.8) is 0 Å². The molecule has 0 spiro atoms. The van der Waals surface area contributed by atoms with Crippen molar-refractivity contribution in [3.8, 4) is 11.1 Å². The molecule has 0 fully saturated rings. The molecule has 0 heterocycles. The molecule has 1 aliphatic rings. The Morgan fingerprint density at radius 2 is 0.439 bits per heavy atom. The first kappa shape index (κ1) is 47.7. The molecular formula is C27H8F30. The van der Waals surface area contributed by atoms with E-state index in [1.54, 1.807) is 0 Å². The van der Waals surface area contributed by atoms with Gasteiger partial charge in [0, 0.05) is 0 Å². The van der Waals surface area contributed by atoms with Crippen molar-refractivity contribution >= 4 is 0 Å². The summed E-state index contributed by atoms with van der Waals surface area (Å²) in [7, 11) is 0. The van der Waals surface area contributed by atoms with E-state index in [0.717, 1.165) is 0 Å². The van der Waals surface area contributed by atoms with Crippen LogP contribution in [0.25, 0.3) is 11.1 Å². The second kappa shape index (κ2) is 12.2. The van der Waals surface area contributed by atoms with Gasteiger partial charge in [-0.3, -0.25) is 0 Å². The third-order valence-electron chi connectivity index (χ3n) is 8.55. The van der Waals surface area contributed by atoms with E-state index in [4.69, 9.17) is 0 Å². The van der Waals surface area contributed by atoms with Crippen LogP contribution < -0.4 is 0 Å². The van der Waals surface area contributed by atoms with E-state index < -0.39 is 123 Å². The molecule has 0 aromatic heterocycles. The Morgan fingerprint density at radius 3 is 0.667 bits per heavy atom. The molecule has 326 valence electrons. The molecule has 30 heteroatoms. The minimum Gasteiger partial charge on any atom is -0.198 e. The molecule has 0 unspecified atom stereocenters. The van der Waals surface area contributed by atoms with Gasteiger partial charge in [0.2, 0.25) is 0 Å². The topological polar surface area (TPSA) is 0 Å². The number of fused-ring (bicyclic) bond motifs is 3. The van der Waals surface area contributed by atoms with Gasteiger partial charge < -0.3 is 0 Å². The summed E-state index contributed by atoms with van der Waals surface area (Å²) in [4.78, 5) is 0. The Labute approximate surface area is 292 Å². The number of alkyl halides is 30. The number of rotatable bonds is 12. The Kier molecular flexibility index (Phi) is 10.2. The van der Waals surface area contributed by atoms with Crippen LogP contribution in [0.15, 0.2) is 48.5 Å². The fourth-order valence-corrected chi connectivity index (χ4v) is 5.51. The smallest absolute Gasteiger partial charge is 0.198 e. The van der Waals surface area contributed by atoms with Crippen LogP contribution in [0.2, 0.25) is 0 Å². The Balaban J connectivity index is 2.62. The molecule has 2 aromatic carbocycles. The number of halogens is 30. The first-order valence-corrected chi connectivity index (χ1v) is 13.6. The van der Waals surface area contributed by atoms with E-state index in [2.05, 4.69) is 0 Å². The molecule has 3 rings (SSSR count). The summed E-state index contributed by atoms with van der Waals surface area (Å²) in [5, 5.41) is 0. The van der Waals surface area contributed by atoms with Gasteiger partial charge in [0.15, 0.2) is 5.41 Å². The van der Waals surface area contributed by atoms with Crippen molar-refractivity contribution in [2.75, 3.05) is 0 Å². The predicted molar refractivity (Wildman–Crippen MR) is 124 cm³/mol. The predicted octanol–water partition coefficient (Wildman–Crippen LogP) is 12.7. The molecule has 0 saturated carbocycles. The third kappa shape index (κ3) is 5.16. The summed E-state index contributed by atoms with van der Waals surface area (Å²) in [5.74, 6) is -110. The summed E-state index contributed by atoms with van der Waals surface area (Å²) in [5.41, 5.74) is -17.6. The maximum Gasteiger partial charge on any atom is 0.460 e. The molecule has 0 aliphatic heterocycles. The van der Waals surface area contributed by atoms with Crippen LogP contribution in [0.3, 0.4) is 0 Å². The van der Waals surface area contributed by atoms with Gasteiger partial charge in [-0.15, -0.1) is 0 Å². The van der Waals surface area contributed by atoms with Crippen LogP contribution in [0.5, 0.6) is 0 Å². The van der Waals surface area contributed by atoms with Crippen molar-refractivity contribution in [1.82, 2.24) is 0 Å². The molecular weight excluding hydrogens is 894 g/mol. The van der Waals surface area contributed by atoms with Crippen molar-refractivity contribution in [3.05, 3.63) is 59.7 Å². The first-order chi connectivity index (χ1) is 24.7. The lowest BCUT2D eigenvalue weighted by atomic mass is 9.62. The van der Waals surface area contributed by atoms with Crippen LogP contribution in [-0.2, 0) is 5.41 Å². The second-order valence-electron chi connectivity index (χ2n) is 11.7. The summed E-state index contributed by atoms with van der Waals surface area (Å²) in [6.07, 6.45) is -16.5. The van der Waals surface area contributed by atoms with E-state index in [1.165, 1.54) is 0 Å². The van der Waals surface area contributed by atoms with Gasteiger partial charge in [-0.2, -0.15) is 132 Å². The number of benzene rings is 2. The molecule has 0 amide bonds. The van der Waals surface area contributed by atoms with E-state index in [0.29, 0.717) is 12.1 Å². The highest BCUT2D eigenvalue weighted by Gasteiger charge is 3.00. The first-order valence-electron chi connectivity index (χ1n) is 13.6. The lowest BCUT2D eigenvalue weighted by Crippen LogP contribution is -2.80. The van der Waals surface area contributed by atoms with Crippen LogP contribution in [0.4, 0.5) is 132 Å². The fraction of sp³-hybridized carbons (Fsp3) is 0.556. The van der Waals surface area contributed by atoms with E-state index in [9.17, 15) is 96.6 Å². The normalized spacial score (nSPS) is 17.4. The minimum atomic E-state index is -9.51. The Hall–Kier alpha value is -3.66. The summed E-state index contributed by atoms with van der Waals surface area (Å²) in [6.45, 7) is 0. The lowest BCUT2D eigenvalue weighted by Gasteiger charge is -2.52. The van der Waals surface area contributed by atoms with Crippen molar-refractivity contribution in [2.24, 2.45) is 0 Å². The standard InChI is InChI=1S/C27H8F30/c28-14(29,16(32,33)18(36,37)20(40,41)22(44,45)24(48,49)26(52,53)54)13(11-7-3-1-5-9(11)10-6-2-4-8-12(10)13)15(30,31)17(34,35)19(38,39)21(42,43)23(46,47)25(50,51)27(55,56)57/h1-8H. The molecule has 0 bridgehead atoms. The average Bonchev–Trinajstić information content (AvgIpc) is 3.35. The van der Waals surface area contributed by atoms with Crippen LogP contribution in [0, 0.1) is 0 Å². The maximum atomic E-state index is 16.3. The molecule has 1 aliphatic carbocycles. The van der Waals surface area contributed by atoms with Gasteiger partial charge in [-0.1, -0.05) is 48.5 Å². The molecule has 0 N–H and O–H groups in total. The number of hydrogen-bond donors (Lipinski definition) is 0. The zero-order chi connectivity index (χ0) is 45.5. The maximum absolute atomic E-state index is 16.3. The summed E-state index contributed by atoms with van der Waals surface area (Å²) < 4.78 is 428. The van der Waals surface area contributed by atoms with Crippen molar-refractivity contribution < 1.29 is 132 Å². The van der Waals surface area contributed by atoms with Gasteiger partial charge >= 0.3 is 83.4 Å². The quantitative estimate of drug-likeness (QED) is 0.186. The molecule has 0 radical (unpaired) electrons. The van der Waals surface area contributed by atoms with Gasteiger partial charge in [0.25, 0.3) is 0 Å². The van der Waals surface area contributed by atoms with Crippen molar-refractivity contribution in [2.45, 2.75) is 88.8 Å². The van der Waals surface area contributed by atoms with E-state index >= 15 is 35.1 Å². The number of hydrogen-bond acceptors (Lipinski definition) is 0. The zero-order valence-corrected chi connectivity index (χ0v) is 25.5. The average molecular weight is 902 g/mol. The summed E-state index contributed by atoms with van der Waals surface area (Å²) >= 11 is 0. The molecule has 57 heavy (non-hydrogen) atoms. The highest BCUT2D eigenvalue weighted by Crippen LogP contribution is 2.74. The van der Waals surface area contributed by atoms with Gasteiger partial charge in [0.1, 0.15) is 0 Å². The Bertz CT molecular complexity index is 1710. The third-order valence-corrected chi connectivity index (χ3v) is 8.55. The zero-order valence-electron chi connectivity index (χ0n) is 25.5. The largest absolute Gasteiger partial charge is 0.460 e. The lowest BCUT2D eigenvalue weighted by molar-refractivity contribution is -0.470. The molecule has 0 atom stereocenters.